The number of benzene rings is 1. The molecule has 1 atom stereocenters. The number of halogens is 1. The van der Waals surface area contributed by atoms with Crippen LogP contribution >= 0.6 is 15.9 Å². The van der Waals surface area contributed by atoms with Crippen LogP contribution in [0, 0.1) is 5.41 Å². The van der Waals surface area contributed by atoms with Crippen molar-refractivity contribution in [3.05, 3.63) is 28.2 Å². The monoisotopic (exact) mass is 261 g/mol. The van der Waals surface area contributed by atoms with E-state index >= 15 is 0 Å². The lowest BCUT2D eigenvalue weighted by Crippen LogP contribution is -2.11. The van der Waals surface area contributed by atoms with Crippen molar-refractivity contribution in [3.63, 3.8) is 0 Å². The molecule has 0 saturated heterocycles. The lowest BCUT2D eigenvalue weighted by Gasteiger charge is -2.07. The summed E-state index contributed by atoms with van der Waals surface area (Å²) in [5, 5.41) is 7.15. The summed E-state index contributed by atoms with van der Waals surface area (Å²) >= 11 is 0.870. The molecule has 13 heavy (non-hydrogen) atoms. The van der Waals surface area contributed by atoms with Gasteiger partial charge in [0.05, 0.1) is 0 Å². The molecule has 70 valence electrons. The Morgan fingerprint density at radius 3 is 2.62 bits per heavy atom. The molecule has 0 aliphatic rings. The summed E-state index contributed by atoms with van der Waals surface area (Å²) < 4.78 is 21.6. The Hall–Kier alpha value is -0.720. The molecule has 0 bridgehead atoms. The van der Waals surface area contributed by atoms with Gasteiger partial charge in [0.2, 0.25) is 0 Å². The topological polar surface area (TPSA) is 90.0 Å². The van der Waals surface area contributed by atoms with E-state index in [1.54, 1.807) is 0 Å². The number of hydrogen-bond acceptors (Lipinski definition) is 3. The molecule has 1 rings (SSSR count). The van der Waals surface area contributed by atoms with Crippen LogP contribution in [-0.4, -0.2) is 14.6 Å². The molecule has 1 aromatic carbocycles. The van der Waals surface area contributed by atoms with Crippen LogP contribution in [-0.2, 0) is 11.1 Å². The first-order valence-electron chi connectivity index (χ1n) is 3.25. The van der Waals surface area contributed by atoms with Crippen molar-refractivity contribution >= 4 is 32.8 Å². The zero-order valence-electron chi connectivity index (χ0n) is 6.41. The Bertz CT molecular complexity index is 381. The number of nitrogen functional groups attached to an aromatic ring is 1. The van der Waals surface area contributed by atoms with Gasteiger partial charge in [-0.15, -0.1) is 0 Å². The first-order valence-corrected chi connectivity index (χ1v) is 5.12. The van der Waals surface area contributed by atoms with E-state index in [-0.39, 0.29) is 10.7 Å². The van der Waals surface area contributed by atoms with Crippen molar-refractivity contribution < 1.29 is 8.76 Å². The van der Waals surface area contributed by atoms with Crippen molar-refractivity contribution in [3.8, 4) is 0 Å². The fourth-order valence-electron chi connectivity index (χ4n) is 0.818. The minimum atomic E-state index is -2.25. The number of nitrogens with one attached hydrogen (secondary N) is 1. The first-order chi connectivity index (χ1) is 6.02. The molecule has 1 aromatic rings. The molecule has 0 aromatic heterocycles. The molecule has 0 aliphatic carbocycles. The van der Waals surface area contributed by atoms with E-state index in [1.807, 2.05) is 0 Å². The third kappa shape index (κ3) is 2.36. The molecule has 0 aliphatic heterocycles. The van der Waals surface area contributed by atoms with Gasteiger partial charge in [0.15, 0.2) is 0 Å². The highest BCUT2D eigenvalue weighted by atomic mass is 79.9. The van der Waals surface area contributed by atoms with Gasteiger partial charge < -0.3 is 10.3 Å². The summed E-state index contributed by atoms with van der Waals surface area (Å²) in [6.07, 6.45) is 0. The quantitative estimate of drug-likeness (QED) is 0.472. The van der Waals surface area contributed by atoms with Crippen molar-refractivity contribution in [2.24, 2.45) is 5.73 Å². The van der Waals surface area contributed by atoms with Crippen LogP contribution in [0.3, 0.4) is 0 Å². The second-order valence-electron chi connectivity index (χ2n) is 2.29. The number of amidine groups is 1. The fraction of sp³-hybridized carbons (Fsp3) is 0. The molecule has 0 fully saturated rings. The second kappa shape index (κ2) is 3.99. The largest absolute Gasteiger partial charge is 0.768 e. The van der Waals surface area contributed by atoms with Crippen molar-refractivity contribution in [2.75, 3.05) is 0 Å². The molecule has 0 spiro atoms. The predicted molar refractivity (Wildman–Crippen MR) is 52.3 cm³/mol. The highest BCUT2D eigenvalue weighted by Crippen LogP contribution is 2.19. The van der Waals surface area contributed by atoms with E-state index in [0.29, 0.717) is 10.0 Å². The average molecular weight is 262 g/mol. The fourth-order valence-corrected chi connectivity index (χ4v) is 1.96. The van der Waals surface area contributed by atoms with Gasteiger partial charge in [0, 0.05) is 14.9 Å². The summed E-state index contributed by atoms with van der Waals surface area (Å²) in [5.41, 5.74) is 5.72. The zero-order chi connectivity index (χ0) is 10.0. The van der Waals surface area contributed by atoms with Crippen molar-refractivity contribution in [2.45, 2.75) is 4.90 Å². The molecule has 6 heteroatoms. The summed E-state index contributed by atoms with van der Waals surface area (Å²) in [6, 6.07) is 4.28. The SMILES string of the molecule is N=C(N)c1ccc(S(=O)[O-])cc1Br. The standard InChI is InChI=1S/C7H7BrN2O2S/c8-6-3-4(13(11)12)1-2-5(6)7(9)10/h1-3H,(H3,9,10)(H,11,12)/p-1. The van der Waals surface area contributed by atoms with Gasteiger partial charge in [-0.05, 0) is 45.2 Å². The van der Waals surface area contributed by atoms with Crippen LogP contribution < -0.4 is 5.73 Å². The third-order valence-electron chi connectivity index (χ3n) is 1.42. The minimum Gasteiger partial charge on any atom is -0.768 e. The minimum absolute atomic E-state index is 0.102. The van der Waals surface area contributed by atoms with Gasteiger partial charge in [0.25, 0.3) is 0 Å². The van der Waals surface area contributed by atoms with E-state index in [4.69, 9.17) is 11.1 Å². The van der Waals surface area contributed by atoms with E-state index in [1.165, 1.54) is 18.2 Å². The van der Waals surface area contributed by atoms with E-state index < -0.39 is 11.1 Å². The molecule has 1 unspecified atom stereocenters. The van der Waals surface area contributed by atoms with Gasteiger partial charge in [-0.2, -0.15) is 0 Å². The molecular formula is C7H6BrN2O2S-. The Balaban J connectivity index is 3.20. The molecule has 4 nitrogen and oxygen atoms in total. The van der Waals surface area contributed by atoms with Gasteiger partial charge in [-0.1, -0.05) is 0 Å². The number of hydrogen-bond donors (Lipinski definition) is 2. The van der Waals surface area contributed by atoms with Crippen LogP contribution in [0.1, 0.15) is 5.56 Å². The summed E-state index contributed by atoms with van der Waals surface area (Å²) in [6.45, 7) is 0. The zero-order valence-corrected chi connectivity index (χ0v) is 8.81. The lowest BCUT2D eigenvalue weighted by molar-refractivity contribution is 0.537. The van der Waals surface area contributed by atoms with Crippen molar-refractivity contribution in [1.82, 2.24) is 0 Å². The van der Waals surface area contributed by atoms with Gasteiger partial charge in [-0.3, -0.25) is 9.62 Å². The third-order valence-corrected chi connectivity index (χ3v) is 2.72. The predicted octanol–water partition coefficient (Wildman–Crippen LogP) is 0.971. The van der Waals surface area contributed by atoms with E-state index in [9.17, 15) is 8.76 Å². The van der Waals surface area contributed by atoms with Gasteiger partial charge >= 0.3 is 0 Å². The lowest BCUT2D eigenvalue weighted by atomic mass is 10.2. The van der Waals surface area contributed by atoms with Gasteiger partial charge in [-0.25, -0.2) is 0 Å². The highest BCUT2D eigenvalue weighted by molar-refractivity contribution is 9.10. The van der Waals surface area contributed by atoms with Crippen LogP contribution in [0.2, 0.25) is 0 Å². The maximum absolute atomic E-state index is 10.5. The Morgan fingerprint density at radius 2 is 2.23 bits per heavy atom. The maximum atomic E-state index is 10.5. The summed E-state index contributed by atoms with van der Waals surface area (Å²) in [4.78, 5) is 0.164. The Kier molecular flexibility index (Phi) is 3.18. The smallest absolute Gasteiger partial charge is 0.123 e. The molecule has 0 saturated carbocycles. The average Bonchev–Trinajstić information content (AvgIpc) is 2.03. The Labute approximate surface area is 86.1 Å². The highest BCUT2D eigenvalue weighted by Gasteiger charge is 2.03. The van der Waals surface area contributed by atoms with Crippen molar-refractivity contribution in [1.29, 1.82) is 5.41 Å². The molecule has 0 radical (unpaired) electrons. The Morgan fingerprint density at radius 1 is 1.62 bits per heavy atom. The summed E-state index contributed by atoms with van der Waals surface area (Å²) in [5.74, 6) is -0.102. The number of rotatable bonds is 2. The molecule has 0 amide bonds. The van der Waals surface area contributed by atoms with E-state index in [2.05, 4.69) is 15.9 Å². The second-order valence-corrected chi connectivity index (χ2v) is 4.09. The first kappa shape index (κ1) is 10.4. The summed E-state index contributed by atoms with van der Waals surface area (Å²) in [7, 11) is 0. The van der Waals surface area contributed by atoms with Crippen LogP contribution in [0.15, 0.2) is 27.6 Å². The van der Waals surface area contributed by atoms with Crippen LogP contribution in [0.25, 0.3) is 0 Å². The van der Waals surface area contributed by atoms with Crippen LogP contribution in [0.4, 0.5) is 0 Å². The van der Waals surface area contributed by atoms with Crippen LogP contribution in [0.5, 0.6) is 0 Å². The van der Waals surface area contributed by atoms with E-state index in [0.717, 1.165) is 0 Å². The van der Waals surface area contributed by atoms with Gasteiger partial charge in [0.1, 0.15) is 5.84 Å². The normalized spacial score (nSPS) is 12.5. The molecule has 3 N–H and O–H groups in total. The molecular weight excluding hydrogens is 256 g/mol. The molecule has 0 heterocycles. The maximum Gasteiger partial charge on any atom is 0.123 e. The number of nitrogens with two attached hydrogens (primary N) is 1.